The highest BCUT2D eigenvalue weighted by molar-refractivity contribution is 7.91. The Morgan fingerprint density at radius 3 is 2.69 bits per heavy atom. The molecule has 1 aromatic heterocycles. The van der Waals surface area contributed by atoms with E-state index in [9.17, 15) is 13.2 Å². The zero-order valence-electron chi connectivity index (χ0n) is 16.8. The number of aryl methyl sites for hydroxylation is 1. The second-order valence-electron chi connectivity index (χ2n) is 6.96. The van der Waals surface area contributed by atoms with Crippen molar-refractivity contribution in [3.63, 3.8) is 0 Å². The molecule has 9 heteroatoms. The van der Waals surface area contributed by atoms with Crippen LogP contribution in [-0.2, 0) is 21.4 Å². The minimum Gasteiger partial charge on any atom is -0.497 e. The lowest BCUT2D eigenvalue weighted by atomic mass is 9.98. The summed E-state index contributed by atoms with van der Waals surface area (Å²) >= 11 is 1.26. The first kappa shape index (κ1) is 21.6. The van der Waals surface area contributed by atoms with Crippen molar-refractivity contribution in [3.05, 3.63) is 40.8 Å². The summed E-state index contributed by atoms with van der Waals surface area (Å²) in [6.45, 7) is 2.79. The maximum atomic E-state index is 12.9. The minimum absolute atomic E-state index is 0.155. The normalized spacial score (nSPS) is 17.7. The molecule has 0 aliphatic carbocycles. The number of carbonyl (C=O) groups excluding carboxylic acids is 1. The average molecular weight is 439 g/mol. The molecule has 1 saturated heterocycles. The van der Waals surface area contributed by atoms with Crippen LogP contribution in [0, 0.1) is 12.8 Å². The molecule has 1 aliphatic rings. The predicted octanol–water partition coefficient (Wildman–Crippen LogP) is 2.79. The Balaban J connectivity index is 1.66. The minimum atomic E-state index is -3.56. The van der Waals surface area contributed by atoms with Crippen LogP contribution in [0.2, 0.25) is 0 Å². The summed E-state index contributed by atoms with van der Waals surface area (Å²) in [6, 6.07) is 8.83. The van der Waals surface area contributed by atoms with E-state index in [2.05, 4.69) is 5.32 Å². The summed E-state index contributed by atoms with van der Waals surface area (Å²) in [4.78, 5) is 13.7. The van der Waals surface area contributed by atoms with Crippen molar-refractivity contribution in [3.8, 4) is 11.5 Å². The van der Waals surface area contributed by atoms with E-state index in [1.54, 1.807) is 38.5 Å². The number of nitrogens with zero attached hydrogens (tertiary/aromatic N) is 1. The molecular formula is C20H26N2O5S2. The number of sulfonamides is 1. The SMILES string of the molecule is COc1ccc(OC)c(CNC(=O)[C@@H]2CCCN(S(=O)(=O)c3ccc(C)s3)C2)c1. The molecule has 0 radical (unpaired) electrons. The quantitative estimate of drug-likeness (QED) is 0.719. The fourth-order valence-electron chi connectivity index (χ4n) is 3.40. The number of hydrogen-bond donors (Lipinski definition) is 1. The topological polar surface area (TPSA) is 84.9 Å². The molecule has 1 N–H and O–H groups in total. The molecule has 2 heterocycles. The molecule has 0 unspecified atom stereocenters. The lowest BCUT2D eigenvalue weighted by Gasteiger charge is -2.30. The van der Waals surface area contributed by atoms with Gasteiger partial charge in [-0.2, -0.15) is 4.31 Å². The Labute approximate surface area is 175 Å². The first-order chi connectivity index (χ1) is 13.8. The number of nitrogens with one attached hydrogen (secondary N) is 1. The van der Waals surface area contributed by atoms with Gasteiger partial charge >= 0.3 is 0 Å². The zero-order chi connectivity index (χ0) is 21.0. The van der Waals surface area contributed by atoms with E-state index in [0.717, 1.165) is 10.4 Å². The van der Waals surface area contributed by atoms with Gasteiger partial charge in [-0.25, -0.2) is 8.42 Å². The molecule has 3 rings (SSSR count). The molecule has 1 aliphatic heterocycles. The molecule has 29 heavy (non-hydrogen) atoms. The largest absolute Gasteiger partial charge is 0.497 e. The fourth-order valence-corrected chi connectivity index (χ4v) is 6.36. The highest BCUT2D eigenvalue weighted by Gasteiger charge is 2.34. The molecular weight excluding hydrogens is 412 g/mol. The summed E-state index contributed by atoms with van der Waals surface area (Å²) in [5.41, 5.74) is 0.801. The van der Waals surface area contributed by atoms with Crippen molar-refractivity contribution in [1.29, 1.82) is 0 Å². The van der Waals surface area contributed by atoms with E-state index >= 15 is 0 Å². The predicted molar refractivity (Wildman–Crippen MR) is 112 cm³/mol. The van der Waals surface area contributed by atoms with E-state index in [1.165, 1.54) is 15.6 Å². The summed E-state index contributed by atoms with van der Waals surface area (Å²) < 4.78 is 38.1. The average Bonchev–Trinajstić information content (AvgIpc) is 3.19. The van der Waals surface area contributed by atoms with Crippen molar-refractivity contribution < 1.29 is 22.7 Å². The molecule has 0 saturated carbocycles. The summed E-state index contributed by atoms with van der Waals surface area (Å²) in [7, 11) is -0.407. The van der Waals surface area contributed by atoms with Crippen LogP contribution in [0.5, 0.6) is 11.5 Å². The van der Waals surface area contributed by atoms with E-state index in [0.29, 0.717) is 35.1 Å². The second-order valence-corrected chi connectivity index (χ2v) is 10.4. The maximum absolute atomic E-state index is 12.9. The monoisotopic (exact) mass is 438 g/mol. The molecule has 7 nitrogen and oxygen atoms in total. The summed E-state index contributed by atoms with van der Waals surface area (Å²) in [5.74, 6) is 0.802. The Hall–Kier alpha value is -2.10. The van der Waals surface area contributed by atoms with Gasteiger partial charge in [0.15, 0.2) is 0 Å². The molecule has 1 atom stereocenters. The Morgan fingerprint density at radius 1 is 1.24 bits per heavy atom. The molecule has 2 aromatic rings. The van der Waals surface area contributed by atoms with Crippen LogP contribution < -0.4 is 14.8 Å². The number of thiophene rings is 1. The van der Waals surface area contributed by atoms with Crippen LogP contribution >= 0.6 is 11.3 Å². The number of benzene rings is 1. The smallest absolute Gasteiger partial charge is 0.252 e. The van der Waals surface area contributed by atoms with Crippen molar-refractivity contribution in [2.24, 2.45) is 5.92 Å². The molecule has 1 aromatic carbocycles. The standard InChI is InChI=1S/C20H26N2O5S2/c1-14-6-9-19(28-14)29(24,25)22-10-4-5-15(13-22)20(23)21-12-16-11-17(26-2)7-8-18(16)27-3/h6-9,11,15H,4-5,10,12-13H2,1-3H3,(H,21,23)/t15-/m1/s1. The van der Waals surface area contributed by atoms with Crippen molar-refractivity contribution in [1.82, 2.24) is 9.62 Å². The number of carbonyl (C=O) groups is 1. The van der Waals surface area contributed by atoms with Gasteiger partial charge in [0.25, 0.3) is 10.0 Å². The third-order valence-corrected chi connectivity index (χ3v) is 8.34. The van der Waals surface area contributed by atoms with Crippen LogP contribution in [0.15, 0.2) is 34.5 Å². The van der Waals surface area contributed by atoms with Gasteiger partial charge in [-0.05, 0) is 50.1 Å². The van der Waals surface area contributed by atoms with Gasteiger partial charge in [0, 0.05) is 30.1 Å². The van der Waals surface area contributed by atoms with E-state index in [1.807, 2.05) is 13.0 Å². The second kappa shape index (κ2) is 9.15. The Bertz CT molecular complexity index is 971. The van der Waals surface area contributed by atoms with Crippen LogP contribution in [0.4, 0.5) is 0 Å². The van der Waals surface area contributed by atoms with E-state index < -0.39 is 10.0 Å². The molecule has 1 amide bonds. The van der Waals surface area contributed by atoms with Gasteiger partial charge in [-0.15, -0.1) is 11.3 Å². The molecule has 158 valence electrons. The summed E-state index contributed by atoms with van der Waals surface area (Å²) in [6.07, 6.45) is 1.32. The Kier molecular flexibility index (Phi) is 6.81. The molecule has 0 spiro atoms. The van der Waals surface area contributed by atoms with Gasteiger partial charge in [0.05, 0.1) is 20.1 Å². The van der Waals surface area contributed by atoms with E-state index in [-0.39, 0.29) is 24.9 Å². The van der Waals surface area contributed by atoms with Gasteiger partial charge < -0.3 is 14.8 Å². The zero-order valence-corrected chi connectivity index (χ0v) is 18.4. The van der Waals surface area contributed by atoms with Gasteiger partial charge in [0.1, 0.15) is 15.7 Å². The number of amides is 1. The van der Waals surface area contributed by atoms with Crippen molar-refractivity contribution in [2.45, 2.75) is 30.5 Å². The van der Waals surface area contributed by atoms with Crippen LogP contribution in [-0.4, -0.2) is 45.9 Å². The highest BCUT2D eigenvalue weighted by atomic mass is 32.2. The Morgan fingerprint density at radius 2 is 2.03 bits per heavy atom. The first-order valence-corrected chi connectivity index (χ1v) is 11.7. The highest BCUT2D eigenvalue weighted by Crippen LogP contribution is 2.29. The number of rotatable bonds is 7. The number of hydrogen-bond acceptors (Lipinski definition) is 6. The molecule has 1 fully saturated rings. The molecule has 0 bridgehead atoms. The van der Waals surface area contributed by atoms with Gasteiger partial charge in [-0.3, -0.25) is 4.79 Å². The number of methoxy groups -OCH3 is 2. The first-order valence-electron chi connectivity index (χ1n) is 9.40. The van der Waals surface area contributed by atoms with Crippen LogP contribution in [0.1, 0.15) is 23.3 Å². The maximum Gasteiger partial charge on any atom is 0.252 e. The lowest BCUT2D eigenvalue weighted by molar-refractivity contribution is -0.126. The van der Waals surface area contributed by atoms with E-state index in [4.69, 9.17) is 9.47 Å². The van der Waals surface area contributed by atoms with Crippen molar-refractivity contribution in [2.75, 3.05) is 27.3 Å². The third kappa shape index (κ3) is 4.91. The lowest BCUT2D eigenvalue weighted by Crippen LogP contribution is -2.45. The van der Waals surface area contributed by atoms with Crippen molar-refractivity contribution >= 4 is 27.3 Å². The van der Waals surface area contributed by atoms with Gasteiger partial charge in [-0.1, -0.05) is 0 Å². The number of piperidine rings is 1. The van der Waals surface area contributed by atoms with Crippen LogP contribution in [0.3, 0.4) is 0 Å². The number of ether oxygens (including phenoxy) is 2. The van der Waals surface area contributed by atoms with Gasteiger partial charge in [0.2, 0.25) is 5.91 Å². The summed E-state index contributed by atoms with van der Waals surface area (Å²) in [5, 5.41) is 2.92. The fraction of sp³-hybridized carbons (Fsp3) is 0.450. The third-order valence-electron chi connectivity index (χ3n) is 5.01. The van der Waals surface area contributed by atoms with Crippen LogP contribution in [0.25, 0.3) is 0 Å².